The van der Waals surface area contributed by atoms with Crippen LogP contribution in [0.1, 0.15) is 45.4 Å². The summed E-state index contributed by atoms with van der Waals surface area (Å²) < 4.78 is 5.80. The zero-order valence-corrected chi connectivity index (χ0v) is 22.9. The number of nitrogens with one attached hydrogen (secondary N) is 4. The highest BCUT2D eigenvalue weighted by molar-refractivity contribution is 8.00. The Hall–Kier alpha value is -0.620. The fourth-order valence-corrected chi connectivity index (χ4v) is 8.73. The van der Waals surface area contributed by atoms with Crippen LogP contribution in [0.4, 0.5) is 0 Å². The number of halogens is 1. The van der Waals surface area contributed by atoms with Crippen LogP contribution in [0.25, 0.3) is 0 Å². The molecular formula is C25H42ClN5O4S. The average molecular weight is 544 g/mol. The molecule has 4 saturated heterocycles. The number of methoxy groups -OCH3 is 1. The maximum atomic E-state index is 13.5. The van der Waals surface area contributed by atoms with Crippen molar-refractivity contribution < 1.29 is 19.4 Å². The normalized spacial score (nSPS) is 45.3. The highest BCUT2D eigenvalue weighted by Crippen LogP contribution is 2.39. The number of aliphatic hydroxyl groups excluding tert-OH is 1. The summed E-state index contributed by atoms with van der Waals surface area (Å²) in [5.74, 6) is 0.678. The Bertz CT molecular complexity index is 788. The van der Waals surface area contributed by atoms with Gasteiger partial charge in [-0.15, -0.1) is 23.4 Å². The number of alkyl halides is 1. The summed E-state index contributed by atoms with van der Waals surface area (Å²) in [5.41, 5.74) is -0.229. The van der Waals surface area contributed by atoms with Gasteiger partial charge in [0, 0.05) is 56.5 Å². The highest BCUT2D eigenvalue weighted by Gasteiger charge is 2.47. The first-order valence-corrected chi connectivity index (χ1v) is 15.0. The number of amides is 2. The van der Waals surface area contributed by atoms with Crippen molar-refractivity contribution in [3.63, 3.8) is 0 Å². The van der Waals surface area contributed by atoms with Gasteiger partial charge in [-0.1, -0.05) is 0 Å². The van der Waals surface area contributed by atoms with Crippen molar-refractivity contribution in [2.45, 2.75) is 86.0 Å². The summed E-state index contributed by atoms with van der Waals surface area (Å²) in [6.07, 6.45) is 4.55. The lowest BCUT2D eigenvalue weighted by Crippen LogP contribution is -2.57. The molecule has 2 amide bonds. The molecule has 0 aromatic heterocycles. The third-order valence-electron chi connectivity index (χ3n) is 9.09. The molecule has 1 aliphatic carbocycles. The minimum atomic E-state index is -0.248. The molecule has 0 bridgehead atoms. The predicted molar refractivity (Wildman–Crippen MR) is 140 cm³/mol. The second kappa shape index (κ2) is 11.6. The molecule has 5 fully saturated rings. The third-order valence-corrected chi connectivity index (χ3v) is 10.8. The number of hydrogen-bond acceptors (Lipinski definition) is 8. The van der Waals surface area contributed by atoms with E-state index in [1.807, 2.05) is 4.90 Å². The molecular weight excluding hydrogens is 502 g/mol. The molecule has 0 radical (unpaired) electrons. The van der Waals surface area contributed by atoms with Gasteiger partial charge in [-0.25, -0.2) is 0 Å². The summed E-state index contributed by atoms with van der Waals surface area (Å²) in [6.45, 7) is 4.96. The largest absolute Gasteiger partial charge is 0.393 e. The molecule has 1 saturated carbocycles. The molecule has 0 aromatic carbocycles. The van der Waals surface area contributed by atoms with Crippen LogP contribution >= 0.6 is 23.4 Å². The van der Waals surface area contributed by atoms with Gasteiger partial charge in [0.15, 0.2) is 0 Å². The van der Waals surface area contributed by atoms with Gasteiger partial charge in [0.1, 0.15) is 5.50 Å². The highest BCUT2D eigenvalue weighted by atomic mass is 35.5. The van der Waals surface area contributed by atoms with Gasteiger partial charge in [-0.2, -0.15) is 0 Å². The van der Waals surface area contributed by atoms with Gasteiger partial charge in [-0.05, 0) is 57.3 Å². The lowest BCUT2D eigenvalue weighted by Gasteiger charge is -2.45. The monoisotopic (exact) mass is 543 g/mol. The van der Waals surface area contributed by atoms with Gasteiger partial charge in [-0.3, -0.25) is 20.2 Å². The van der Waals surface area contributed by atoms with E-state index in [4.69, 9.17) is 16.3 Å². The number of ether oxygens (including phenoxy) is 1. The van der Waals surface area contributed by atoms with E-state index in [2.05, 4.69) is 28.2 Å². The van der Waals surface area contributed by atoms with Crippen LogP contribution in [0.3, 0.4) is 0 Å². The summed E-state index contributed by atoms with van der Waals surface area (Å²) in [7, 11) is 1.75. The second-order valence-corrected chi connectivity index (χ2v) is 13.3. The number of thioether (sulfide) groups is 1. The second-order valence-electron chi connectivity index (χ2n) is 11.4. The van der Waals surface area contributed by atoms with E-state index in [0.29, 0.717) is 25.7 Å². The number of nitrogens with zero attached hydrogens (tertiary/aromatic N) is 1. The molecule has 5 N–H and O–H groups in total. The molecule has 204 valence electrons. The first-order chi connectivity index (χ1) is 17.3. The number of rotatable bonds is 5. The lowest BCUT2D eigenvalue weighted by molar-refractivity contribution is -0.136. The SMILES string of the molecule is COC1CNC(Cl)CC1C1CC(C)NCC1C(=O)NC1NC2CN(C(=O)C3CCC(O)CC3)CC2S1. The number of hydrogen-bond donors (Lipinski definition) is 5. The molecule has 9 nitrogen and oxygen atoms in total. The van der Waals surface area contributed by atoms with E-state index in [1.165, 1.54) is 0 Å². The summed E-state index contributed by atoms with van der Waals surface area (Å²) in [6, 6.07) is 0.549. The average Bonchev–Trinajstić information content (AvgIpc) is 3.42. The summed E-state index contributed by atoms with van der Waals surface area (Å²) >= 11 is 8.19. The van der Waals surface area contributed by atoms with Crippen molar-refractivity contribution in [2.75, 3.05) is 33.3 Å². The molecule has 11 heteroatoms. The van der Waals surface area contributed by atoms with E-state index in [1.54, 1.807) is 18.9 Å². The minimum Gasteiger partial charge on any atom is -0.393 e. The Balaban J connectivity index is 1.15. The van der Waals surface area contributed by atoms with E-state index in [9.17, 15) is 14.7 Å². The predicted octanol–water partition coefficient (Wildman–Crippen LogP) is 0.657. The van der Waals surface area contributed by atoms with Crippen LogP contribution < -0.4 is 21.3 Å². The fraction of sp³-hybridized carbons (Fsp3) is 0.920. The maximum Gasteiger partial charge on any atom is 0.226 e. The van der Waals surface area contributed by atoms with Crippen molar-refractivity contribution >= 4 is 35.2 Å². The molecule has 36 heavy (non-hydrogen) atoms. The smallest absolute Gasteiger partial charge is 0.226 e. The Morgan fingerprint density at radius 2 is 1.86 bits per heavy atom. The van der Waals surface area contributed by atoms with Crippen LogP contribution in [0.2, 0.25) is 0 Å². The zero-order valence-electron chi connectivity index (χ0n) is 21.3. The quantitative estimate of drug-likeness (QED) is 0.254. The molecule has 4 heterocycles. The molecule has 9 atom stereocenters. The van der Waals surface area contributed by atoms with Gasteiger partial charge in [0.25, 0.3) is 0 Å². The molecule has 5 rings (SSSR count). The summed E-state index contributed by atoms with van der Waals surface area (Å²) in [5, 5.41) is 23.7. The van der Waals surface area contributed by atoms with Crippen molar-refractivity contribution in [2.24, 2.45) is 23.7 Å². The van der Waals surface area contributed by atoms with Gasteiger partial charge >= 0.3 is 0 Å². The summed E-state index contributed by atoms with van der Waals surface area (Å²) in [4.78, 5) is 28.5. The Morgan fingerprint density at radius 1 is 1.08 bits per heavy atom. The van der Waals surface area contributed by atoms with E-state index >= 15 is 0 Å². The van der Waals surface area contributed by atoms with Gasteiger partial charge in [0.05, 0.1) is 23.6 Å². The van der Waals surface area contributed by atoms with E-state index in [-0.39, 0.29) is 70.0 Å². The van der Waals surface area contributed by atoms with E-state index in [0.717, 1.165) is 45.1 Å². The molecule has 5 aliphatic rings. The molecule has 4 aliphatic heterocycles. The van der Waals surface area contributed by atoms with Crippen LogP contribution in [0.5, 0.6) is 0 Å². The minimum absolute atomic E-state index is 0.0457. The topological polar surface area (TPSA) is 115 Å². The van der Waals surface area contributed by atoms with E-state index < -0.39 is 0 Å². The van der Waals surface area contributed by atoms with Crippen molar-refractivity contribution in [3.05, 3.63) is 0 Å². The zero-order chi connectivity index (χ0) is 25.4. The molecule has 9 unspecified atom stereocenters. The van der Waals surface area contributed by atoms with Crippen LogP contribution in [-0.4, -0.2) is 95.7 Å². The van der Waals surface area contributed by atoms with Gasteiger partial charge < -0.3 is 25.4 Å². The first kappa shape index (κ1) is 27.0. The maximum absolute atomic E-state index is 13.5. The molecule has 0 aromatic rings. The first-order valence-electron chi connectivity index (χ1n) is 13.6. The Kier molecular flexibility index (Phi) is 8.72. The number of likely N-dealkylation sites (tertiary alicyclic amines) is 1. The Labute approximate surface area is 223 Å². The third kappa shape index (κ3) is 5.84. The lowest BCUT2D eigenvalue weighted by atomic mass is 9.70. The number of aliphatic hydroxyl groups is 1. The van der Waals surface area contributed by atoms with Crippen LogP contribution in [0.15, 0.2) is 0 Å². The Morgan fingerprint density at radius 3 is 2.58 bits per heavy atom. The number of fused-ring (bicyclic) bond motifs is 1. The van der Waals surface area contributed by atoms with Crippen molar-refractivity contribution in [1.29, 1.82) is 0 Å². The van der Waals surface area contributed by atoms with Crippen molar-refractivity contribution in [3.8, 4) is 0 Å². The van der Waals surface area contributed by atoms with Gasteiger partial charge in [0.2, 0.25) is 11.8 Å². The molecule has 0 spiro atoms. The van der Waals surface area contributed by atoms with Crippen molar-refractivity contribution in [1.82, 2.24) is 26.2 Å². The standard InChI is InChI=1S/C25H42ClN5O4S/c1-13-7-16(17-8-22(26)28-10-20(17)35-2)18(9-27-13)23(33)30-25-29-19-11-31(12-21(19)36-25)24(34)14-3-5-15(32)6-4-14/h13-22,25,27-29,32H,3-12H2,1-2H3,(H,30,33). The van der Waals surface area contributed by atoms with Crippen LogP contribution in [-0.2, 0) is 14.3 Å². The van der Waals surface area contributed by atoms with Crippen LogP contribution in [0, 0.1) is 23.7 Å². The number of carbonyl (C=O) groups excluding carboxylic acids is 2. The number of piperidine rings is 2. The fourth-order valence-electron chi connectivity index (χ4n) is 7.03. The number of carbonyl (C=O) groups is 2.